The Labute approximate surface area is 122 Å². The van der Waals surface area contributed by atoms with Crippen LogP contribution in [0, 0.1) is 5.92 Å². The minimum absolute atomic E-state index is 0.0261. The Hall–Kier alpha value is -1.52. The van der Waals surface area contributed by atoms with Gasteiger partial charge in [-0.25, -0.2) is 0 Å². The molecule has 1 fully saturated rings. The molecule has 2 rings (SSSR count). The zero-order valence-electron chi connectivity index (χ0n) is 11.9. The Morgan fingerprint density at radius 1 is 1.14 bits per heavy atom. The number of rotatable bonds is 5. The van der Waals surface area contributed by atoms with E-state index in [2.05, 4.69) is 5.32 Å². The number of alkyl halides is 3. The number of halogens is 3. The average molecular weight is 299 g/mol. The molecule has 116 valence electrons. The van der Waals surface area contributed by atoms with Gasteiger partial charge in [0.1, 0.15) is 0 Å². The first-order valence-corrected chi connectivity index (χ1v) is 7.38. The molecular formula is C16H20F3NO. The van der Waals surface area contributed by atoms with Crippen molar-refractivity contribution in [3.63, 3.8) is 0 Å². The molecule has 5 heteroatoms. The molecule has 0 saturated heterocycles. The predicted octanol–water partition coefficient (Wildman–Crippen LogP) is 4.29. The van der Waals surface area contributed by atoms with Crippen LogP contribution in [-0.2, 0) is 17.5 Å². The van der Waals surface area contributed by atoms with E-state index in [9.17, 15) is 18.0 Å². The van der Waals surface area contributed by atoms with Crippen molar-refractivity contribution >= 4 is 5.91 Å². The summed E-state index contributed by atoms with van der Waals surface area (Å²) in [6.07, 6.45) is 2.06. The number of hydrogen-bond acceptors (Lipinski definition) is 1. The van der Waals surface area contributed by atoms with Crippen LogP contribution in [-0.4, -0.2) is 5.91 Å². The third-order valence-electron chi connectivity index (χ3n) is 4.03. The molecule has 0 aromatic heterocycles. The van der Waals surface area contributed by atoms with E-state index in [4.69, 9.17) is 0 Å². The molecule has 0 heterocycles. The molecule has 1 N–H and O–H groups in total. The molecule has 1 amide bonds. The highest BCUT2D eigenvalue weighted by molar-refractivity contribution is 5.75. The maximum absolute atomic E-state index is 12.4. The van der Waals surface area contributed by atoms with Gasteiger partial charge in [0.05, 0.1) is 5.56 Å². The second-order valence-electron chi connectivity index (χ2n) is 5.66. The lowest BCUT2D eigenvalue weighted by Gasteiger charge is -2.10. The van der Waals surface area contributed by atoms with Gasteiger partial charge in [0, 0.05) is 13.0 Å². The molecule has 2 nitrogen and oxygen atoms in total. The summed E-state index contributed by atoms with van der Waals surface area (Å²) in [5, 5.41) is 2.76. The Balaban J connectivity index is 1.73. The van der Waals surface area contributed by atoms with Crippen molar-refractivity contribution in [2.45, 2.75) is 51.2 Å². The lowest BCUT2D eigenvalue weighted by Crippen LogP contribution is -2.23. The largest absolute Gasteiger partial charge is 0.416 e. The molecule has 1 aromatic carbocycles. The summed E-state index contributed by atoms with van der Waals surface area (Å²) < 4.78 is 37.2. The van der Waals surface area contributed by atoms with Gasteiger partial charge < -0.3 is 5.32 Å². The van der Waals surface area contributed by atoms with Gasteiger partial charge >= 0.3 is 6.18 Å². The average Bonchev–Trinajstić information content (AvgIpc) is 2.95. The van der Waals surface area contributed by atoms with Crippen LogP contribution in [0.4, 0.5) is 13.2 Å². The SMILES string of the molecule is O=C(CCC1CCCC1)NCc1ccc(C(F)(F)F)cc1. The normalized spacial score (nSPS) is 16.1. The third kappa shape index (κ3) is 5.06. The summed E-state index contributed by atoms with van der Waals surface area (Å²) in [7, 11) is 0. The molecular weight excluding hydrogens is 279 g/mol. The fourth-order valence-corrected chi connectivity index (χ4v) is 2.73. The smallest absolute Gasteiger partial charge is 0.352 e. The molecule has 0 atom stereocenters. The van der Waals surface area contributed by atoms with Gasteiger partial charge in [0.15, 0.2) is 0 Å². The van der Waals surface area contributed by atoms with Crippen LogP contribution < -0.4 is 5.32 Å². The number of carbonyl (C=O) groups excluding carboxylic acids is 1. The lowest BCUT2D eigenvalue weighted by molar-refractivity contribution is -0.137. The fraction of sp³-hybridized carbons (Fsp3) is 0.562. The number of carbonyl (C=O) groups is 1. The van der Waals surface area contributed by atoms with Crippen LogP contribution >= 0.6 is 0 Å². The molecule has 21 heavy (non-hydrogen) atoms. The topological polar surface area (TPSA) is 29.1 Å². The van der Waals surface area contributed by atoms with Crippen molar-refractivity contribution < 1.29 is 18.0 Å². The first kappa shape index (κ1) is 15.9. The van der Waals surface area contributed by atoms with E-state index in [-0.39, 0.29) is 12.5 Å². The second kappa shape index (κ2) is 6.96. The molecule has 0 unspecified atom stereocenters. The monoisotopic (exact) mass is 299 g/mol. The van der Waals surface area contributed by atoms with Gasteiger partial charge in [-0.2, -0.15) is 13.2 Å². The van der Waals surface area contributed by atoms with Gasteiger partial charge in [0.2, 0.25) is 5.91 Å². The standard InChI is InChI=1S/C16H20F3NO/c17-16(18,19)14-8-5-13(6-9-14)11-20-15(21)10-7-12-3-1-2-4-12/h5-6,8-9,12H,1-4,7,10-11H2,(H,20,21). The molecule has 1 aromatic rings. The van der Waals surface area contributed by atoms with Crippen molar-refractivity contribution in [2.24, 2.45) is 5.92 Å². The van der Waals surface area contributed by atoms with E-state index in [0.29, 0.717) is 17.9 Å². The third-order valence-corrected chi connectivity index (χ3v) is 4.03. The Morgan fingerprint density at radius 2 is 1.76 bits per heavy atom. The number of amides is 1. The molecule has 1 aliphatic rings. The molecule has 0 aliphatic heterocycles. The zero-order valence-corrected chi connectivity index (χ0v) is 11.9. The van der Waals surface area contributed by atoms with Gasteiger partial charge in [-0.3, -0.25) is 4.79 Å². The number of hydrogen-bond donors (Lipinski definition) is 1. The molecule has 0 bridgehead atoms. The van der Waals surface area contributed by atoms with E-state index in [0.717, 1.165) is 18.6 Å². The van der Waals surface area contributed by atoms with E-state index in [1.165, 1.54) is 37.8 Å². The van der Waals surface area contributed by atoms with E-state index < -0.39 is 11.7 Å². The highest BCUT2D eigenvalue weighted by Crippen LogP contribution is 2.29. The fourth-order valence-electron chi connectivity index (χ4n) is 2.73. The first-order chi connectivity index (χ1) is 9.95. The summed E-state index contributed by atoms with van der Waals surface area (Å²) in [4.78, 5) is 11.7. The number of benzene rings is 1. The number of nitrogens with one attached hydrogen (secondary N) is 1. The van der Waals surface area contributed by atoms with Crippen molar-refractivity contribution in [1.29, 1.82) is 0 Å². The zero-order chi connectivity index (χ0) is 15.3. The summed E-state index contributed by atoms with van der Waals surface area (Å²) in [5.41, 5.74) is 0.0102. The van der Waals surface area contributed by atoms with E-state index >= 15 is 0 Å². The lowest BCUT2D eigenvalue weighted by atomic mass is 10.0. The summed E-state index contributed by atoms with van der Waals surface area (Å²) in [5.74, 6) is 0.642. The predicted molar refractivity (Wildman–Crippen MR) is 74.5 cm³/mol. The molecule has 0 spiro atoms. The Morgan fingerprint density at radius 3 is 2.33 bits per heavy atom. The van der Waals surface area contributed by atoms with Crippen LogP contribution in [0.2, 0.25) is 0 Å². The van der Waals surface area contributed by atoms with E-state index in [1.807, 2.05) is 0 Å². The van der Waals surface area contributed by atoms with Crippen molar-refractivity contribution in [3.05, 3.63) is 35.4 Å². The minimum Gasteiger partial charge on any atom is -0.352 e. The quantitative estimate of drug-likeness (QED) is 0.863. The van der Waals surface area contributed by atoms with Crippen LogP contribution in [0.3, 0.4) is 0 Å². The maximum Gasteiger partial charge on any atom is 0.416 e. The van der Waals surface area contributed by atoms with Crippen molar-refractivity contribution in [2.75, 3.05) is 0 Å². The van der Waals surface area contributed by atoms with Gasteiger partial charge in [-0.1, -0.05) is 37.8 Å². The van der Waals surface area contributed by atoms with Crippen molar-refractivity contribution in [3.8, 4) is 0 Å². The van der Waals surface area contributed by atoms with Gasteiger partial charge in [-0.05, 0) is 30.0 Å². The highest BCUT2D eigenvalue weighted by Gasteiger charge is 2.29. The maximum atomic E-state index is 12.4. The minimum atomic E-state index is -4.32. The van der Waals surface area contributed by atoms with Crippen LogP contribution in [0.15, 0.2) is 24.3 Å². The van der Waals surface area contributed by atoms with Crippen molar-refractivity contribution in [1.82, 2.24) is 5.32 Å². The van der Waals surface area contributed by atoms with Crippen LogP contribution in [0.1, 0.15) is 49.7 Å². The molecule has 0 radical (unpaired) electrons. The van der Waals surface area contributed by atoms with Gasteiger partial charge in [-0.15, -0.1) is 0 Å². The highest BCUT2D eigenvalue weighted by atomic mass is 19.4. The van der Waals surface area contributed by atoms with Crippen LogP contribution in [0.25, 0.3) is 0 Å². The summed E-state index contributed by atoms with van der Waals surface area (Å²) >= 11 is 0. The second-order valence-corrected chi connectivity index (χ2v) is 5.66. The summed E-state index contributed by atoms with van der Waals surface area (Å²) in [6.45, 7) is 0.279. The first-order valence-electron chi connectivity index (χ1n) is 7.38. The molecule has 1 saturated carbocycles. The molecule has 1 aliphatic carbocycles. The Bertz CT molecular complexity index is 461. The van der Waals surface area contributed by atoms with E-state index in [1.54, 1.807) is 0 Å². The van der Waals surface area contributed by atoms with Gasteiger partial charge in [0.25, 0.3) is 0 Å². The van der Waals surface area contributed by atoms with Crippen LogP contribution in [0.5, 0.6) is 0 Å². The Kier molecular flexibility index (Phi) is 5.26. The summed E-state index contributed by atoms with van der Waals surface area (Å²) in [6, 6.07) is 4.89.